The molecule has 1 aliphatic rings. The minimum absolute atomic E-state index is 0.136. The van der Waals surface area contributed by atoms with Gasteiger partial charge in [0.15, 0.2) is 0 Å². The van der Waals surface area contributed by atoms with Gasteiger partial charge in [-0.05, 0) is 65.8 Å². The molecule has 0 spiro atoms. The van der Waals surface area contributed by atoms with Crippen LogP contribution in [-0.2, 0) is 0 Å². The van der Waals surface area contributed by atoms with Crippen LogP contribution in [0.25, 0.3) is 11.1 Å². The van der Waals surface area contributed by atoms with Gasteiger partial charge in [0.05, 0.1) is 7.11 Å². The van der Waals surface area contributed by atoms with Crippen LogP contribution in [0, 0.1) is 6.92 Å². The lowest BCUT2D eigenvalue weighted by atomic mass is 9.99. The Hall–Kier alpha value is -3.05. The zero-order chi connectivity index (χ0) is 20.2. The molecule has 1 aliphatic heterocycles. The van der Waals surface area contributed by atoms with Gasteiger partial charge in [0, 0.05) is 34.5 Å². The Morgan fingerprint density at radius 2 is 2.00 bits per heavy atom. The first-order chi connectivity index (χ1) is 14.2. The molecule has 3 aromatic rings. The Morgan fingerprint density at radius 1 is 1.17 bits per heavy atom. The molecule has 0 saturated carbocycles. The van der Waals surface area contributed by atoms with Crippen molar-refractivity contribution in [1.82, 2.24) is 4.98 Å². The quantitative estimate of drug-likeness (QED) is 0.568. The average molecular weight is 403 g/mol. The molecule has 2 aromatic carbocycles. The number of thioether (sulfide) groups is 1. The maximum absolute atomic E-state index is 12.5. The monoisotopic (exact) mass is 402 g/mol. The number of amides is 1. The lowest BCUT2D eigenvalue weighted by Crippen LogP contribution is -2.13. The third-order valence-electron chi connectivity index (χ3n) is 5.00. The second-order valence-electron chi connectivity index (χ2n) is 6.91. The van der Waals surface area contributed by atoms with Crippen LogP contribution in [0.2, 0.25) is 0 Å². The molecular weight excluding hydrogens is 380 g/mol. The minimum Gasteiger partial charge on any atom is -0.496 e. The van der Waals surface area contributed by atoms with Crippen LogP contribution in [0.15, 0.2) is 72.4 Å². The summed E-state index contributed by atoms with van der Waals surface area (Å²) >= 11 is 1.85. The molecule has 1 aromatic heterocycles. The molecule has 1 amide bonds. The molecule has 5 heteroatoms. The fourth-order valence-corrected chi connectivity index (χ4v) is 4.35. The van der Waals surface area contributed by atoms with E-state index in [-0.39, 0.29) is 5.91 Å². The Morgan fingerprint density at radius 3 is 2.69 bits per heavy atom. The van der Waals surface area contributed by atoms with E-state index in [0.29, 0.717) is 10.8 Å². The van der Waals surface area contributed by atoms with Crippen molar-refractivity contribution in [1.29, 1.82) is 0 Å². The number of nitrogens with zero attached hydrogens (tertiary/aromatic N) is 1. The van der Waals surface area contributed by atoms with E-state index < -0.39 is 0 Å². The van der Waals surface area contributed by atoms with Crippen molar-refractivity contribution in [3.8, 4) is 16.9 Å². The highest BCUT2D eigenvalue weighted by molar-refractivity contribution is 8.02. The number of ether oxygens (including phenoxy) is 1. The van der Waals surface area contributed by atoms with Gasteiger partial charge < -0.3 is 10.1 Å². The number of allylic oxidation sites excluding steroid dienone is 1. The highest BCUT2D eigenvalue weighted by Crippen LogP contribution is 2.41. The minimum atomic E-state index is -0.136. The van der Waals surface area contributed by atoms with Crippen molar-refractivity contribution in [3.63, 3.8) is 0 Å². The van der Waals surface area contributed by atoms with Crippen molar-refractivity contribution in [2.24, 2.45) is 0 Å². The second-order valence-corrected chi connectivity index (χ2v) is 8.03. The van der Waals surface area contributed by atoms with Crippen LogP contribution >= 0.6 is 11.8 Å². The number of pyridine rings is 1. The van der Waals surface area contributed by atoms with Crippen LogP contribution in [0.1, 0.15) is 33.2 Å². The van der Waals surface area contributed by atoms with Gasteiger partial charge in [0.1, 0.15) is 5.75 Å². The Labute approximate surface area is 175 Å². The van der Waals surface area contributed by atoms with E-state index in [1.165, 1.54) is 5.56 Å². The second kappa shape index (κ2) is 8.53. The number of aromatic nitrogens is 1. The number of aryl methyl sites for hydroxylation is 1. The number of benzene rings is 2. The smallest absolute Gasteiger partial charge is 0.256 e. The van der Waals surface area contributed by atoms with E-state index in [4.69, 9.17) is 4.74 Å². The summed E-state index contributed by atoms with van der Waals surface area (Å²) in [5.41, 5.74) is 5.63. The fraction of sp³-hybridized carbons (Fsp3) is 0.167. The molecule has 0 fully saturated rings. The van der Waals surface area contributed by atoms with Gasteiger partial charge >= 0.3 is 0 Å². The molecule has 1 unspecified atom stereocenters. The van der Waals surface area contributed by atoms with Crippen molar-refractivity contribution in [2.45, 2.75) is 18.6 Å². The number of rotatable bonds is 5. The maximum atomic E-state index is 12.5. The van der Waals surface area contributed by atoms with Crippen LogP contribution < -0.4 is 10.1 Å². The van der Waals surface area contributed by atoms with Crippen LogP contribution in [0.5, 0.6) is 5.75 Å². The van der Waals surface area contributed by atoms with Gasteiger partial charge in [0.2, 0.25) is 0 Å². The van der Waals surface area contributed by atoms with Crippen molar-refractivity contribution >= 4 is 23.4 Å². The standard InChI is InChI=1S/C24H22N2O2S/c1-16-15-25-12-11-20(16)24(27)26-19-8-5-17(6-9-19)21-14-18(7-10-22(21)28-2)23-4-3-13-29-23/h3,5-15,23H,4H2,1-2H3,(H,26,27). The van der Waals surface area contributed by atoms with Crippen molar-refractivity contribution in [2.75, 3.05) is 12.4 Å². The first kappa shape index (κ1) is 19.3. The molecule has 1 N–H and O–H groups in total. The summed E-state index contributed by atoms with van der Waals surface area (Å²) in [4.78, 5) is 16.5. The normalized spacial score (nSPS) is 15.3. The van der Waals surface area contributed by atoms with Gasteiger partial charge in [-0.25, -0.2) is 0 Å². The molecule has 4 nitrogen and oxygen atoms in total. The Kier molecular flexibility index (Phi) is 5.67. The molecule has 0 radical (unpaired) electrons. The highest BCUT2D eigenvalue weighted by atomic mass is 32.2. The van der Waals surface area contributed by atoms with Gasteiger partial charge in [-0.2, -0.15) is 0 Å². The zero-order valence-electron chi connectivity index (χ0n) is 16.4. The summed E-state index contributed by atoms with van der Waals surface area (Å²) in [5.74, 6) is 0.705. The number of carbonyl (C=O) groups excluding carboxylic acids is 1. The van der Waals surface area contributed by atoms with E-state index in [1.807, 2.05) is 49.0 Å². The summed E-state index contributed by atoms with van der Waals surface area (Å²) in [6, 6.07) is 16.0. The SMILES string of the molecule is COc1ccc(C2CC=CS2)cc1-c1ccc(NC(=O)c2ccncc2C)cc1. The lowest BCUT2D eigenvalue weighted by molar-refractivity contribution is 0.102. The van der Waals surface area contributed by atoms with E-state index in [0.717, 1.165) is 34.5 Å². The summed E-state index contributed by atoms with van der Waals surface area (Å²) in [5, 5.41) is 5.58. The molecule has 2 heterocycles. The van der Waals surface area contributed by atoms with Gasteiger partial charge in [-0.1, -0.05) is 24.3 Å². The third-order valence-corrected chi connectivity index (χ3v) is 6.15. The fourth-order valence-electron chi connectivity index (χ4n) is 3.41. The van der Waals surface area contributed by atoms with Gasteiger partial charge in [-0.15, -0.1) is 11.8 Å². The average Bonchev–Trinajstić information content (AvgIpc) is 3.29. The lowest BCUT2D eigenvalue weighted by Gasteiger charge is -2.15. The van der Waals surface area contributed by atoms with Crippen molar-refractivity contribution in [3.05, 3.63) is 89.1 Å². The summed E-state index contributed by atoms with van der Waals surface area (Å²) in [6.07, 6.45) is 6.58. The molecule has 4 rings (SSSR count). The number of carbonyl (C=O) groups is 1. The number of hydrogen-bond donors (Lipinski definition) is 1. The van der Waals surface area contributed by atoms with Crippen LogP contribution in [0.4, 0.5) is 5.69 Å². The Balaban J connectivity index is 1.56. The predicted molar refractivity (Wildman–Crippen MR) is 119 cm³/mol. The van der Waals surface area contributed by atoms with Gasteiger partial charge in [-0.3, -0.25) is 9.78 Å². The molecule has 29 heavy (non-hydrogen) atoms. The maximum Gasteiger partial charge on any atom is 0.256 e. The van der Waals surface area contributed by atoms with Crippen LogP contribution in [0.3, 0.4) is 0 Å². The van der Waals surface area contributed by atoms with E-state index in [2.05, 4.69) is 33.9 Å². The third kappa shape index (κ3) is 4.20. The number of anilines is 1. The first-order valence-corrected chi connectivity index (χ1v) is 10.4. The molecule has 0 bridgehead atoms. The van der Waals surface area contributed by atoms with E-state index in [1.54, 1.807) is 25.6 Å². The molecule has 0 saturated heterocycles. The number of methoxy groups -OCH3 is 1. The number of nitrogens with one attached hydrogen (secondary N) is 1. The van der Waals surface area contributed by atoms with E-state index in [9.17, 15) is 4.79 Å². The molecule has 1 atom stereocenters. The largest absolute Gasteiger partial charge is 0.496 e. The summed E-state index contributed by atoms with van der Waals surface area (Å²) in [7, 11) is 1.69. The van der Waals surface area contributed by atoms with Crippen molar-refractivity contribution < 1.29 is 9.53 Å². The van der Waals surface area contributed by atoms with Crippen LogP contribution in [-0.4, -0.2) is 18.0 Å². The van der Waals surface area contributed by atoms with Gasteiger partial charge in [0.25, 0.3) is 5.91 Å². The Bertz CT molecular complexity index is 1050. The molecular formula is C24H22N2O2S. The first-order valence-electron chi connectivity index (χ1n) is 9.46. The molecule has 146 valence electrons. The summed E-state index contributed by atoms with van der Waals surface area (Å²) in [6.45, 7) is 1.88. The predicted octanol–water partition coefficient (Wildman–Crippen LogP) is 6.01. The van der Waals surface area contributed by atoms with E-state index >= 15 is 0 Å². The zero-order valence-corrected chi connectivity index (χ0v) is 17.2. The summed E-state index contributed by atoms with van der Waals surface area (Å²) < 4.78 is 5.59. The topological polar surface area (TPSA) is 51.2 Å². The highest BCUT2D eigenvalue weighted by Gasteiger charge is 2.16. The molecule has 0 aliphatic carbocycles. The number of hydrogen-bond acceptors (Lipinski definition) is 4.